The minimum atomic E-state index is 0.0124. The highest BCUT2D eigenvalue weighted by molar-refractivity contribution is 6.21. The molecule has 2 aromatic carbocycles. The van der Waals surface area contributed by atoms with E-state index in [0.717, 1.165) is 27.7 Å². The van der Waals surface area contributed by atoms with Crippen LogP contribution >= 0.6 is 0 Å². The summed E-state index contributed by atoms with van der Waals surface area (Å²) in [7, 11) is 0. The topological polar surface area (TPSA) is 34.4 Å². The molecule has 0 radical (unpaired) electrons. The van der Waals surface area contributed by atoms with Crippen molar-refractivity contribution in [2.45, 2.75) is 0 Å². The van der Waals surface area contributed by atoms with Gasteiger partial charge in [0.15, 0.2) is 0 Å². The number of hydrogen-bond donors (Lipinski definition) is 0. The molecule has 0 spiro atoms. The van der Waals surface area contributed by atoms with Gasteiger partial charge in [0, 0.05) is 22.7 Å². The summed E-state index contributed by atoms with van der Waals surface area (Å²) < 4.78 is 1.71. The molecule has 1 aliphatic heterocycles. The number of aromatic nitrogens is 1. The zero-order chi connectivity index (χ0) is 13.5. The number of aliphatic imine (C=N–C) groups is 1. The number of carbonyl (C=O) groups excluding carboxylic acids is 1. The number of benzene rings is 2. The summed E-state index contributed by atoms with van der Waals surface area (Å²) in [6.45, 7) is 0.183. The van der Waals surface area contributed by atoms with Crippen molar-refractivity contribution in [1.82, 2.24) is 4.57 Å². The van der Waals surface area contributed by atoms with Crippen LogP contribution in [0, 0.1) is 0 Å². The SMILES string of the molecule is O=C1CN=C(c2ccccc2)c2cccc3ccn1c23. The molecule has 3 nitrogen and oxygen atoms in total. The lowest BCUT2D eigenvalue weighted by Crippen LogP contribution is -2.11. The standard InChI is InChI=1S/C17H12N2O/c20-15-11-18-16(12-5-2-1-3-6-12)14-8-4-7-13-9-10-19(15)17(13)14/h1-10H,11H2. The molecule has 1 aliphatic rings. The normalized spacial score (nSPS) is 14.2. The van der Waals surface area contributed by atoms with Gasteiger partial charge in [0.1, 0.15) is 6.54 Å². The molecular formula is C17H12N2O. The second-order valence-electron chi connectivity index (χ2n) is 4.85. The van der Waals surface area contributed by atoms with E-state index in [0.29, 0.717) is 0 Å². The zero-order valence-corrected chi connectivity index (χ0v) is 10.8. The van der Waals surface area contributed by atoms with E-state index in [1.165, 1.54) is 0 Å². The Kier molecular flexibility index (Phi) is 2.33. The number of rotatable bonds is 1. The second kappa shape index (κ2) is 4.17. The van der Waals surface area contributed by atoms with E-state index in [4.69, 9.17) is 0 Å². The molecule has 0 bridgehead atoms. The summed E-state index contributed by atoms with van der Waals surface area (Å²) in [6, 6.07) is 18.1. The maximum Gasteiger partial charge on any atom is 0.252 e. The third kappa shape index (κ3) is 1.53. The summed E-state index contributed by atoms with van der Waals surface area (Å²) in [6.07, 6.45) is 1.83. The maximum atomic E-state index is 12.2. The summed E-state index contributed by atoms with van der Waals surface area (Å²) in [4.78, 5) is 16.7. The van der Waals surface area contributed by atoms with E-state index >= 15 is 0 Å². The van der Waals surface area contributed by atoms with E-state index in [1.807, 2.05) is 60.8 Å². The molecule has 96 valence electrons. The van der Waals surface area contributed by atoms with Crippen LogP contribution in [0.3, 0.4) is 0 Å². The smallest absolute Gasteiger partial charge is 0.252 e. The maximum absolute atomic E-state index is 12.2. The van der Waals surface area contributed by atoms with Crippen molar-refractivity contribution in [3.8, 4) is 0 Å². The first-order valence-corrected chi connectivity index (χ1v) is 6.58. The first-order valence-electron chi connectivity index (χ1n) is 6.58. The molecule has 0 saturated heterocycles. The molecule has 0 atom stereocenters. The number of nitrogens with zero attached hydrogens (tertiary/aromatic N) is 2. The predicted molar refractivity (Wildman–Crippen MR) is 79.5 cm³/mol. The first kappa shape index (κ1) is 11.2. The molecule has 2 heterocycles. The highest BCUT2D eigenvalue weighted by Crippen LogP contribution is 2.25. The number of para-hydroxylation sites is 1. The van der Waals surface area contributed by atoms with Crippen LogP contribution in [0.25, 0.3) is 10.9 Å². The van der Waals surface area contributed by atoms with Gasteiger partial charge in [-0.2, -0.15) is 0 Å². The second-order valence-corrected chi connectivity index (χ2v) is 4.85. The van der Waals surface area contributed by atoms with E-state index in [2.05, 4.69) is 4.99 Å². The summed E-state index contributed by atoms with van der Waals surface area (Å²) in [5, 5.41) is 1.07. The minimum absolute atomic E-state index is 0.0124. The fourth-order valence-electron chi connectivity index (χ4n) is 2.74. The van der Waals surface area contributed by atoms with Gasteiger partial charge >= 0.3 is 0 Å². The van der Waals surface area contributed by atoms with Crippen LogP contribution in [0.15, 0.2) is 65.8 Å². The summed E-state index contributed by atoms with van der Waals surface area (Å²) in [5.74, 6) is 0.0124. The Bertz CT molecular complexity index is 844. The predicted octanol–water partition coefficient (Wildman–Crippen LogP) is 3.13. The lowest BCUT2D eigenvalue weighted by Gasteiger charge is -2.07. The fraction of sp³-hybridized carbons (Fsp3) is 0.0588. The molecule has 1 aromatic heterocycles. The quantitative estimate of drug-likeness (QED) is 0.662. The zero-order valence-electron chi connectivity index (χ0n) is 10.8. The molecule has 0 fully saturated rings. The van der Waals surface area contributed by atoms with Gasteiger partial charge in [-0.15, -0.1) is 0 Å². The number of hydrogen-bond acceptors (Lipinski definition) is 2. The molecule has 0 saturated carbocycles. The van der Waals surface area contributed by atoms with E-state index in [-0.39, 0.29) is 12.5 Å². The molecular weight excluding hydrogens is 248 g/mol. The van der Waals surface area contributed by atoms with Crippen LogP contribution in [-0.2, 0) is 0 Å². The van der Waals surface area contributed by atoms with Gasteiger partial charge in [-0.3, -0.25) is 14.4 Å². The molecule has 0 aliphatic carbocycles. The van der Waals surface area contributed by atoms with Crippen molar-refractivity contribution in [2.24, 2.45) is 4.99 Å². The molecule has 3 aromatic rings. The molecule has 0 amide bonds. The van der Waals surface area contributed by atoms with Crippen molar-refractivity contribution < 1.29 is 4.79 Å². The van der Waals surface area contributed by atoms with Gasteiger partial charge in [0.05, 0.1) is 11.2 Å². The Labute approximate surface area is 116 Å². The average molecular weight is 260 g/mol. The molecule has 4 rings (SSSR count). The van der Waals surface area contributed by atoms with Crippen LogP contribution in [-0.4, -0.2) is 22.7 Å². The Balaban J connectivity index is 2.07. The average Bonchev–Trinajstić information content (AvgIpc) is 2.87. The minimum Gasteiger partial charge on any atom is -0.285 e. The van der Waals surface area contributed by atoms with Gasteiger partial charge in [-0.1, -0.05) is 48.5 Å². The lowest BCUT2D eigenvalue weighted by molar-refractivity contribution is 0.0930. The third-order valence-corrected chi connectivity index (χ3v) is 3.65. The van der Waals surface area contributed by atoms with E-state index in [9.17, 15) is 4.79 Å². The molecule has 3 heteroatoms. The van der Waals surface area contributed by atoms with Crippen molar-refractivity contribution >= 4 is 22.5 Å². The van der Waals surface area contributed by atoms with Crippen LogP contribution < -0.4 is 0 Å². The van der Waals surface area contributed by atoms with Crippen LogP contribution in [0.2, 0.25) is 0 Å². The fourth-order valence-corrected chi connectivity index (χ4v) is 2.74. The highest BCUT2D eigenvalue weighted by Gasteiger charge is 2.19. The molecule has 0 unspecified atom stereocenters. The van der Waals surface area contributed by atoms with E-state index in [1.54, 1.807) is 4.57 Å². The van der Waals surface area contributed by atoms with Crippen molar-refractivity contribution in [3.63, 3.8) is 0 Å². The van der Waals surface area contributed by atoms with Crippen molar-refractivity contribution in [2.75, 3.05) is 6.54 Å². The first-order chi connectivity index (χ1) is 9.84. The monoisotopic (exact) mass is 260 g/mol. The molecule has 20 heavy (non-hydrogen) atoms. The van der Waals surface area contributed by atoms with Gasteiger partial charge in [0.25, 0.3) is 5.91 Å². The van der Waals surface area contributed by atoms with Gasteiger partial charge in [-0.25, -0.2) is 0 Å². The lowest BCUT2D eigenvalue weighted by atomic mass is 10.0. The Morgan fingerprint density at radius 2 is 1.80 bits per heavy atom. The Morgan fingerprint density at radius 3 is 2.65 bits per heavy atom. The summed E-state index contributed by atoms with van der Waals surface area (Å²) >= 11 is 0. The van der Waals surface area contributed by atoms with Gasteiger partial charge in [-0.05, 0) is 6.07 Å². The van der Waals surface area contributed by atoms with E-state index < -0.39 is 0 Å². The Hall–Kier alpha value is -2.68. The van der Waals surface area contributed by atoms with Gasteiger partial charge in [0.2, 0.25) is 0 Å². The third-order valence-electron chi connectivity index (χ3n) is 3.65. The summed E-state index contributed by atoms with van der Waals surface area (Å²) in [5.41, 5.74) is 3.91. The van der Waals surface area contributed by atoms with Crippen molar-refractivity contribution in [3.05, 3.63) is 71.9 Å². The van der Waals surface area contributed by atoms with Crippen molar-refractivity contribution in [1.29, 1.82) is 0 Å². The largest absolute Gasteiger partial charge is 0.285 e. The van der Waals surface area contributed by atoms with Crippen LogP contribution in [0.1, 0.15) is 15.9 Å². The molecule has 0 N–H and O–H groups in total. The van der Waals surface area contributed by atoms with Gasteiger partial charge < -0.3 is 0 Å². The highest BCUT2D eigenvalue weighted by atomic mass is 16.2. The van der Waals surface area contributed by atoms with Crippen LogP contribution in [0.4, 0.5) is 0 Å². The number of carbonyl (C=O) groups is 1. The Morgan fingerprint density at radius 1 is 0.950 bits per heavy atom. The van der Waals surface area contributed by atoms with Crippen LogP contribution in [0.5, 0.6) is 0 Å².